The minimum Gasteiger partial charge on any atom is -0.338 e. The van der Waals surface area contributed by atoms with E-state index in [0.717, 1.165) is 35.1 Å². The molecule has 20 heavy (non-hydrogen) atoms. The fourth-order valence-corrected chi connectivity index (χ4v) is 3.92. The van der Waals surface area contributed by atoms with Gasteiger partial charge in [0.2, 0.25) is 0 Å². The van der Waals surface area contributed by atoms with Crippen LogP contribution in [0.2, 0.25) is 5.02 Å². The van der Waals surface area contributed by atoms with E-state index in [1.807, 2.05) is 11.0 Å². The zero-order valence-corrected chi connectivity index (χ0v) is 14.6. The number of fused-ring (bicyclic) bond motifs is 1. The maximum atomic E-state index is 12.5. The van der Waals surface area contributed by atoms with Crippen molar-refractivity contribution in [3.05, 3.63) is 32.4 Å². The zero-order valence-electron chi connectivity index (χ0n) is 10.9. The first-order chi connectivity index (χ1) is 9.06. The summed E-state index contributed by atoms with van der Waals surface area (Å²) in [7, 11) is 0. The molecule has 1 aliphatic heterocycles. The molecular formula is C14H17Cl2IN2O. The van der Waals surface area contributed by atoms with E-state index in [1.54, 1.807) is 12.1 Å². The second-order valence-corrected chi connectivity index (χ2v) is 7.07. The Kier molecular flexibility index (Phi) is 5.21. The molecule has 2 fully saturated rings. The van der Waals surface area contributed by atoms with Crippen LogP contribution >= 0.6 is 46.6 Å². The van der Waals surface area contributed by atoms with E-state index in [2.05, 4.69) is 22.6 Å². The number of halogens is 3. The topological polar surface area (TPSA) is 46.3 Å². The normalized spacial score (nSPS) is 28.1. The van der Waals surface area contributed by atoms with Gasteiger partial charge in [-0.1, -0.05) is 11.6 Å². The maximum absolute atomic E-state index is 12.5. The van der Waals surface area contributed by atoms with Crippen LogP contribution in [0.25, 0.3) is 0 Å². The predicted octanol–water partition coefficient (Wildman–Crippen LogP) is 3.18. The van der Waals surface area contributed by atoms with Crippen molar-refractivity contribution in [3.8, 4) is 0 Å². The van der Waals surface area contributed by atoms with Gasteiger partial charge in [0.25, 0.3) is 5.91 Å². The van der Waals surface area contributed by atoms with E-state index in [0.29, 0.717) is 16.9 Å². The first kappa shape index (κ1) is 16.3. The lowest BCUT2D eigenvalue weighted by Crippen LogP contribution is -2.33. The molecule has 3 unspecified atom stereocenters. The van der Waals surface area contributed by atoms with Crippen molar-refractivity contribution >= 4 is 52.5 Å². The number of carbonyl (C=O) groups is 1. The highest BCUT2D eigenvalue weighted by molar-refractivity contribution is 14.1. The summed E-state index contributed by atoms with van der Waals surface area (Å²) in [5.41, 5.74) is 6.83. The third-order valence-electron chi connectivity index (χ3n) is 4.37. The lowest BCUT2D eigenvalue weighted by molar-refractivity contribution is 0.0779. The average molecular weight is 427 g/mol. The summed E-state index contributed by atoms with van der Waals surface area (Å²) < 4.78 is 0.918. The lowest BCUT2D eigenvalue weighted by atomic mass is 9.98. The summed E-state index contributed by atoms with van der Waals surface area (Å²) in [6, 6.07) is 5.73. The molecule has 0 bridgehead atoms. The minimum absolute atomic E-state index is 0. The van der Waals surface area contributed by atoms with E-state index in [1.165, 1.54) is 0 Å². The third kappa shape index (κ3) is 2.93. The van der Waals surface area contributed by atoms with Crippen LogP contribution < -0.4 is 5.73 Å². The third-order valence-corrected chi connectivity index (χ3v) is 5.91. The number of nitrogens with two attached hydrogens (primary N) is 1. The fraction of sp³-hybridized carbons (Fsp3) is 0.500. The number of nitrogens with zero attached hydrogens (tertiary/aromatic N) is 1. The second kappa shape index (κ2) is 6.38. The number of likely N-dealkylation sites (tertiary alicyclic amines) is 1. The van der Waals surface area contributed by atoms with Crippen molar-refractivity contribution in [2.24, 2.45) is 17.6 Å². The van der Waals surface area contributed by atoms with Crippen molar-refractivity contribution in [2.45, 2.75) is 18.9 Å². The molecule has 0 radical (unpaired) electrons. The van der Waals surface area contributed by atoms with E-state index >= 15 is 0 Å². The van der Waals surface area contributed by atoms with E-state index in [-0.39, 0.29) is 24.4 Å². The molecular weight excluding hydrogens is 410 g/mol. The van der Waals surface area contributed by atoms with Crippen molar-refractivity contribution in [3.63, 3.8) is 0 Å². The van der Waals surface area contributed by atoms with Crippen molar-refractivity contribution in [1.82, 2.24) is 4.90 Å². The van der Waals surface area contributed by atoms with Crippen LogP contribution in [0.4, 0.5) is 0 Å². The van der Waals surface area contributed by atoms with Gasteiger partial charge in [-0.25, -0.2) is 0 Å². The maximum Gasteiger partial charge on any atom is 0.253 e. The van der Waals surface area contributed by atoms with Gasteiger partial charge < -0.3 is 10.6 Å². The standard InChI is InChI=1S/C14H16ClIN2O.ClH/c15-11-3-1-8(5-12(11)16)14(19)18-6-9-2-4-13(17)10(9)7-18;/h1,3,5,9-10,13H,2,4,6-7,17H2;1H. The van der Waals surface area contributed by atoms with Crippen molar-refractivity contribution in [1.29, 1.82) is 0 Å². The highest BCUT2D eigenvalue weighted by Crippen LogP contribution is 2.37. The molecule has 3 atom stereocenters. The Hall–Kier alpha value is -0.0400. The quantitative estimate of drug-likeness (QED) is 0.701. The average Bonchev–Trinajstić information content (AvgIpc) is 2.95. The number of hydrogen-bond donors (Lipinski definition) is 1. The molecule has 6 heteroatoms. The summed E-state index contributed by atoms with van der Waals surface area (Å²) in [6.07, 6.45) is 2.27. The Bertz CT molecular complexity index is 526. The van der Waals surface area contributed by atoms with Gasteiger partial charge in [-0.3, -0.25) is 4.79 Å². The molecule has 2 N–H and O–H groups in total. The summed E-state index contributed by atoms with van der Waals surface area (Å²) in [6.45, 7) is 1.67. The Morgan fingerprint density at radius 2 is 2.10 bits per heavy atom. The number of carbonyl (C=O) groups excluding carboxylic acids is 1. The molecule has 1 amide bonds. The van der Waals surface area contributed by atoms with Gasteiger partial charge in [0, 0.05) is 28.3 Å². The van der Waals surface area contributed by atoms with Crippen LogP contribution in [0, 0.1) is 15.4 Å². The molecule has 1 saturated carbocycles. The van der Waals surface area contributed by atoms with Crippen molar-refractivity contribution in [2.75, 3.05) is 13.1 Å². The number of rotatable bonds is 1. The summed E-state index contributed by atoms with van der Waals surface area (Å²) in [5.74, 6) is 1.21. The van der Waals surface area contributed by atoms with Crippen LogP contribution in [-0.4, -0.2) is 29.9 Å². The molecule has 1 aromatic carbocycles. The summed E-state index contributed by atoms with van der Waals surface area (Å²) in [5, 5.41) is 0.692. The molecule has 3 nitrogen and oxygen atoms in total. The van der Waals surface area contributed by atoms with Gasteiger partial charge in [0.15, 0.2) is 0 Å². The first-order valence-corrected chi connectivity index (χ1v) is 8.02. The van der Waals surface area contributed by atoms with Crippen LogP contribution in [-0.2, 0) is 0 Å². The van der Waals surface area contributed by atoms with E-state index in [9.17, 15) is 4.79 Å². The molecule has 3 rings (SSSR count). The second-order valence-electron chi connectivity index (χ2n) is 5.50. The fourth-order valence-electron chi connectivity index (χ4n) is 3.29. The van der Waals surface area contributed by atoms with Crippen LogP contribution in [0.15, 0.2) is 18.2 Å². The molecule has 2 aliphatic rings. The Morgan fingerprint density at radius 1 is 1.35 bits per heavy atom. The summed E-state index contributed by atoms with van der Waals surface area (Å²) in [4.78, 5) is 14.4. The first-order valence-electron chi connectivity index (χ1n) is 6.56. The lowest BCUT2D eigenvalue weighted by Gasteiger charge is -2.19. The smallest absolute Gasteiger partial charge is 0.253 e. The van der Waals surface area contributed by atoms with Gasteiger partial charge in [-0.2, -0.15) is 0 Å². The molecule has 0 aromatic heterocycles. The number of amides is 1. The molecule has 1 heterocycles. The highest BCUT2D eigenvalue weighted by atomic mass is 127. The van der Waals surface area contributed by atoms with Gasteiger partial charge in [0.1, 0.15) is 0 Å². The zero-order chi connectivity index (χ0) is 13.6. The van der Waals surface area contributed by atoms with E-state index < -0.39 is 0 Å². The number of benzene rings is 1. The van der Waals surface area contributed by atoms with Gasteiger partial charge in [-0.05, 0) is 65.5 Å². The Morgan fingerprint density at radius 3 is 2.75 bits per heavy atom. The van der Waals surface area contributed by atoms with Gasteiger partial charge >= 0.3 is 0 Å². The molecule has 0 spiro atoms. The molecule has 110 valence electrons. The van der Waals surface area contributed by atoms with Crippen molar-refractivity contribution < 1.29 is 4.79 Å². The monoisotopic (exact) mass is 426 g/mol. The van der Waals surface area contributed by atoms with Crippen LogP contribution in [0.5, 0.6) is 0 Å². The summed E-state index contributed by atoms with van der Waals surface area (Å²) >= 11 is 8.15. The van der Waals surface area contributed by atoms with Crippen LogP contribution in [0.1, 0.15) is 23.2 Å². The Balaban J connectivity index is 0.00000147. The van der Waals surface area contributed by atoms with Crippen LogP contribution in [0.3, 0.4) is 0 Å². The minimum atomic E-state index is 0. The SMILES string of the molecule is Cl.NC1CCC2CN(C(=O)c3ccc(Cl)c(I)c3)CC12. The van der Waals surface area contributed by atoms with Gasteiger partial charge in [-0.15, -0.1) is 12.4 Å². The molecule has 1 aliphatic carbocycles. The largest absolute Gasteiger partial charge is 0.338 e. The van der Waals surface area contributed by atoms with Gasteiger partial charge in [0.05, 0.1) is 5.02 Å². The molecule has 1 saturated heterocycles. The predicted molar refractivity (Wildman–Crippen MR) is 91.5 cm³/mol. The number of hydrogen-bond acceptors (Lipinski definition) is 2. The van der Waals surface area contributed by atoms with E-state index in [4.69, 9.17) is 17.3 Å². The highest BCUT2D eigenvalue weighted by Gasteiger charge is 2.42. The molecule has 1 aromatic rings. The Labute approximate surface area is 143 Å².